The van der Waals surface area contributed by atoms with E-state index in [1.165, 1.54) is 17.7 Å². The number of rotatable bonds is 5. The number of hydrogen-bond acceptors (Lipinski definition) is 5. The molecule has 1 aromatic carbocycles. The molecule has 4 nitrogen and oxygen atoms in total. The highest BCUT2D eigenvalue weighted by Gasteiger charge is 2.27. The molecule has 0 aliphatic heterocycles. The van der Waals surface area contributed by atoms with Gasteiger partial charge in [0.1, 0.15) is 17.5 Å². The Hall–Kier alpha value is -1.75. The summed E-state index contributed by atoms with van der Waals surface area (Å²) in [4.78, 5) is 10.4. The number of nitrogens with zero attached hydrogens (tertiary/aromatic N) is 2. The lowest BCUT2D eigenvalue weighted by Crippen LogP contribution is -2.03. The summed E-state index contributed by atoms with van der Waals surface area (Å²) in [5.74, 6) is 3.21. The molecule has 5 heteroatoms. The Morgan fingerprint density at radius 2 is 1.95 bits per heavy atom. The van der Waals surface area contributed by atoms with Gasteiger partial charge in [0.05, 0.1) is 0 Å². The molecular formula is C15H18N4S. The molecule has 104 valence electrons. The van der Waals surface area contributed by atoms with Gasteiger partial charge in [-0.05, 0) is 37.3 Å². The van der Waals surface area contributed by atoms with Crippen LogP contribution >= 0.6 is 11.8 Å². The van der Waals surface area contributed by atoms with Crippen molar-refractivity contribution in [3.63, 3.8) is 0 Å². The zero-order valence-electron chi connectivity index (χ0n) is 11.7. The first-order chi connectivity index (χ1) is 9.78. The van der Waals surface area contributed by atoms with Gasteiger partial charge < -0.3 is 10.6 Å². The molecule has 1 aliphatic carbocycles. The third-order valence-corrected chi connectivity index (χ3v) is 4.01. The van der Waals surface area contributed by atoms with E-state index in [1.807, 2.05) is 13.1 Å². The van der Waals surface area contributed by atoms with Crippen molar-refractivity contribution < 1.29 is 0 Å². The Kier molecular flexibility index (Phi) is 3.78. The maximum atomic E-state index is 4.63. The van der Waals surface area contributed by atoms with Crippen LogP contribution < -0.4 is 10.6 Å². The smallest absolute Gasteiger partial charge is 0.136 e. The quantitative estimate of drug-likeness (QED) is 0.817. The molecule has 0 amide bonds. The van der Waals surface area contributed by atoms with Gasteiger partial charge >= 0.3 is 0 Å². The van der Waals surface area contributed by atoms with Crippen molar-refractivity contribution in [2.24, 2.45) is 0 Å². The molecule has 0 bridgehead atoms. The van der Waals surface area contributed by atoms with Crippen LogP contribution in [0.3, 0.4) is 0 Å². The van der Waals surface area contributed by atoms with Gasteiger partial charge in [0.25, 0.3) is 0 Å². The highest BCUT2D eigenvalue weighted by atomic mass is 32.2. The first-order valence-corrected chi connectivity index (χ1v) is 7.99. The van der Waals surface area contributed by atoms with Gasteiger partial charge in [-0.1, -0.05) is 6.07 Å². The van der Waals surface area contributed by atoms with Crippen molar-refractivity contribution in [2.45, 2.75) is 23.7 Å². The Balaban J connectivity index is 1.86. The number of hydrogen-bond donors (Lipinski definition) is 2. The second-order valence-corrected chi connectivity index (χ2v) is 5.76. The van der Waals surface area contributed by atoms with Gasteiger partial charge in [-0.2, -0.15) is 0 Å². The third-order valence-electron chi connectivity index (χ3n) is 3.28. The van der Waals surface area contributed by atoms with E-state index in [9.17, 15) is 0 Å². The predicted molar refractivity (Wildman–Crippen MR) is 85.1 cm³/mol. The molecule has 0 saturated heterocycles. The van der Waals surface area contributed by atoms with E-state index in [2.05, 4.69) is 51.1 Å². The summed E-state index contributed by atoms with van der Waals surface area (Å²) in [6.45, 7) is 0. The molecule has 1 aliphatic rings. The fraction of sp³-hybridized carbons (Fsp3) is 0.333. The van der Waals surface area contributed by atoms with E-state index in [-0.39, 0.29) is 0 Å². The summed E-state index contributed by atoms with van der Waals surface area (Å²) in [7, 11) is 1.89. The maximum Gasteiger partial charge on any atom is 0.136 e. The molecule has 1 fully saturated rings. The van der Waals surface area contributed by atoms with Crippen molar-refractivity contribution in [3.8, 4) is 0 Å². The van der Waals surface area contributed by atoms with Crippen LogP contribution in [0.25, 0.3) is 0 Å². The van der Waals surface area contributed by atoms with Crippen LogP contribution in [-0.2, 0) is 0 Å². The highest BCUT2D eigenvalue weighted by Crippen LogP contribution is 2.39. The molecular weight excluding hydrogens is 268 g/mol. The lowest BCUT2D eigenvalue weighted by Gasteiger charge is -2.10. The van der Waals surface area contributed by atoms with E-state index < -0.39 is 0 Å². The Morgan fingerprint density at radius 3 is 2.65 bits per heavy atom. The largest absolute Gasteiger partial charge is 0.373 e. The summed E-state index contributed by atoms with van der Waals surface area (Å²) < 4.78 is 0. The highest BCUT2D eigenvalue weighted by molar-refractivity contribution is 7.98. The van der Waals surface area contributed by atoms with Crippen molar-refractivity contribution in [2.75, 3.05) is 23.9 Å². The van der Waals surface area contributed by atoms with Crippen molar-refractivity contribution in [1.29, 1.82) is 0 Å². The minimum atomic E-state index is 0.543. The summed E-state index contributed by atoms with van der Waals surface area (Å²) in [5.41, 5.74) is 1.05. The minimum Gasteiger partial charge on any atom is -0.373 e. The molecule has 0 spiro atoms. The van der Waals surface area contributed by atoms with Gasteiger partial charge in [-0.3, -0.25) is 0 Å². The first kappa shape index (κ1) is 13.2. The minimum absolute atomic E-state index is 0.543. The first-order valence-electron chi connectivity index (χ1n) is 6.76. The van der Waals surface area contributed by atoms with E-state index in [0.29, 0.717) is 5.92 Å². The predicted octanol–water partition coefficient (Wildman–Crippen LogP) is 3.86. The maximum absolute atomic E-state index is 4.63. The number of benzene rings is 1. The Bertz CT molecular complexity index is 611. The van der Waals surface area contributed by atoms with Crippen LogP contribution in [0.15, 0.2) is 35.2 Å². The molecule has 2 N–H and O–H groups in total. The number of anilines is 3. The van der Waals surface area contributed by atoms with E-state index in [1.54, 1.807) is 11.8 Å². The summed E-state index contributed by atoms with van der Waals surface area (Å²) >= 11 is 1.73. The zero-order valence-corrected chi connectivity index (χ0v) is 12.5. The van der Waals surface area contributed by atoms with Crippen molar-refractivity contribution in [1.82, 2.24) is 9.97 Å². The fourth-order valence-corrected chi connectivity index (χ4v) is 2.49. The molecule has 3 rings (SSSR count). The average Bonchev–Trinajstić information content (AvgIpc) is 3.31. The normalized spacial score (nSPS) is 14.1. The standard InChI is InChI=1S/C15H18N4S/c1-16-13-9-14(19-15(18-13)10-6-7-10)17-11-4-3-5-12(8-11)20-2/h3-5,8-10H,6-7H2,1-2H3,(H2,16,17,18,19). The third kappa shape index (κ3) is 3.04. The van der Waals surface area contributed by atoms with Gasteiger partial charge in [0.2, 0.25) is 0 Å². The van der Waals surface area contributed by atoms with Gasteiger partial charge in [-0.25, -0.2) is 9.97 Å². The fourth-order valence-electron chi connectivity index (χ4n) is 2.03. The van der Waals surface area contributed by atoms with Crippen LogP contribution in [0.1, 0.15) is 24.6 Å². The lowest BCUT2D eigenvalue weighted by atomic mass is 10.3. The summed E-state index contributed by atoms with van der Waals surface area (Å²) in [6, 6.07) is 10.3. The molecule has 1 aromatic heterocycles. The summed E-state index contributed by atoms with van der Waals surface area (Å²) in [6.07, 6.45) is 4.48. The van der Waals surface area contributed by atoms with Gasteiger partial charge in [-0.15, -0.1) is 11.8 Å². The zero-order chi connectivity index (χ0) is 13.9. The molecule has 1 heterocycles. The van der Waals surface area contributed by atoms with Crippen LogP contribution in [0.5, 0.6) is 0 Å². The lowest BCUT2D eigenvalue weighted by molar-refractivity contribution is 0.932. The second-order valence-electron chi connectivity index (χ2n) is 4.88. The Morgan fingerprint density at radius 1 is 1.15 bits per heavy atom. The Labute approximate surface area is 123 Å². The van der Waals surface area contributed by atoms with Crippen LogP contribution in [0, 0.1) is 0 Å². The van der Waals surface area contributed by atoms with Gasteiger partial charge in [0, 0.05) is 29.6 Å². The molecule has 0 atom stereocenters. The molecule has 20 heavy (non-hydrogen) atoms. The summed E-state index contributed by atoms with van der Waals surface area (Å²) in [5, 5.41) is 6.48. The topological polar surface area (TPSA) is 49.8 Å². The van der Waals surface area contributed by atoms with Crippen LogP contribution in [0.2, 0.25) is 0 Å². The van der Waals surface area contributed by atoms with Crippen molar-refractivity contribution >= 4 is 29.1 Å². The number of thioether (sulfide) groups is 1. The second kappa shape index (κ2) is 5.71. The van der Waals surface area contributed by atoms with E-state index >= 15 is 0 Å². The molecule has 0 radical (unpaired) electrons. The number of nitrogens with one attached hydrogen (secondary N) is 2. The van der Waals surface area contributed by atoms with Crippen LogP contribution in [-0.4, -0.2) is 23.3 Å². The average molecular weight is 286 g/mol. The number of aromatic nitrogens is 2. The van der Waals surface area contributed by atoms with Gasteiger partial charge in [0.15, 0.2) is 0 Å². The molecule has 0 unspecified atom stereocenters. The monoisotopic (exact) mass is 286 g/mol. The molecule has 1 saturated carbocycles. The SMILES string of the molecule is CNc1cc(Nc2cccc(SC)c2)nc(C2CC2)n1. The van der Waals surface area contributed by atoms with E-state index in [0.717, 1.165) is 23.1 Å². The molecule has 2 aromatic rings. The van der Waals surface area contributed by atoms with E-state index in [4.69, 9.17) is 0 Å². The van der Waals surface area contributed by atoms with Crippen molar-refractivity contribution in [3.05, 3.63) is 36.2 Å². The van der Waals surface area contributed by atoms with Crippen LogP contribution in [0.4, 0.5) is 17.3 Å².